The molecule has 3 amide bonds. The molecule has 36 heavy (non-hydrogen) atoms. The van der Waals surface area contributed by atoms with E-state index in [1.54, 1.807) is 17.3 Å². The van der Waals surface area contributed by atoms with Crippen molar-refractivity contribution in [1.29, 1.82) is 0 Å². The number of H-pyrrole nitrogens is 2. The van der Waals surface area contributed by atoms with E-state index < -0.39 is 0 Å². The first-order valence-corrected chi connectivity index (χ1v) is 12.4. The number of carbonyl (C=O) groups excluding carboxylic acids is 2. The number of thioether (sulfide) groups is 1. The van der Waals surface area contributed by atoms with Gasteiger partial charge in [0.1, 0.15) is 0 Å². The van der Waals surface area contributed by atoms with Crippen molar-refractivity contribution >= 4 is 51.7 Å². The van der Waals surface area contributed by atoms with Crippen molar-refractivity contribution in [3.63, 3.8) is 0 Å². The number of aromatic nitrogens is 3. The average molecular weight is 495 g/mol. The second kappa shape index (κ2) is 9.27. The van der Waals surface area contributed by atoms with Gasteiger partial charge >= 0.3 is 6.03 Å². The number of hydrogen-bond acceptors (Lipinski definition) is 4. The summed E-state index contributed by atoms with van der Waals surface area (Å²) >= 11 is 1.51. The highest BCUT2D eigenvalue weighted by Crippen LogP contribution is 2.38. The Kier molecular flexibility index (Phi) is 5.67. The van der Waals surface area contributed by atoms with Crippen LogP contribution in [0.1, 0.15) is 5.56 Å². The lowest BCUT2D eigenvalue weighted by Crippen LogP contribution is -2.34. The lowest BCUT2D eigenvalue weighted by molar-refractivity contribution is -0.116. The molecule has 5 aromatic rings. The van der Waals surface area contributed by atoms with Crippen LogP contribution >= 0.6 is 11.8 Å². The zero-order valence-electron chi connectivity index (χ0n) is 19.1. The lowest BCUT2D eigenvalue weighted by atomic mass is 10.1. The van der Waals surface area contributed by atoms with E-state index in [2.05, 4.69) is 25.8 Å². The van der Waals surface area contributed by atoms with Crippen molar-refractivity contribution in [1.82, 2.24) is 15.2 Å². The van der Waals surface area contributed by atoms with Crippen LogP contribution in [0.5, 0.6) is 0 Å². The Morgan fingerprint density at radius 3 is 2.72 bits per heavy atom. The third kappa shape index (κ3) is 4.32. The minimum absolute atomic E-state index is 0.0465. The summed E-state index contributed by atoms with van der Waals surface area (Å²) < 4.78 is 0. The number of amides is 3. The van der Waals surface area contributed by atoms with Crippen LogP contribution in [0.25, 0.3) is 22.0 Å². The van der Waals surface area contributed by atoms with Crippen molar-refractivity contribution in [2.45, 2.75) is 11.4 Å². The molecule has 1 aliphatic rings. The quantitative estimate of drug-likeness (QED) is 0.246. The summed E-state index contributed by atoms with van der Waals surface area (Å²) in [6.45, 7) is 0.483. The summed E-state index contributed by atoms with van der Waals surface area (Å²) in [5.74, 6) is 0.444. The predicted octanol–water partition coefficient (Wildman–Crippen LogP) is 5.84. The first kappa shape index (κ1) is 22.0. The third-order valence-corrected chi connectivity index (χ3v) is 7.15. The zero-order valence-corrected chi connectivity index (χ0v) is 19.9. The second-order valence-electron chi connectivity index (χ2n) is 8.47. The summed E-state index contributed by atoms with van der Waals surface area (Å²) in [5.41, 5.74) is 6.01. The summed E-state index contributed by atoms with van der Waals surface area (Å²) in [6, 6.07) is 21.2. The number of hydrogen-bond donors (Lipinski definition) is 4. The Labute approximate surface area is 211 Å². The number of urea groups is 1. The maximum atomic E-state index is 12.9. The molecule has 3 aromatic carbocycles. The van der Waals surface area contributed by atoms with Gasteiger partial charge in [-0.2, -0.15) is 5.10 Å². The van der Waals surface area contributed by atoms with Gasteiger partial charge in [-0.3, -0.25) is 9.89 Å². The topological polar surface area (TPSA) is 106 Å². The molecule has 4 N–H and O–H groups in total. The molecule has 1 aliphatic heterocycles. The molecule has 6 rings (SSSR count). The van der Waals surface area contributed by atoms with E-state index in [1.807, 2.05) is 72.9 Å². The summed E-state index contributed by atoms with van der Waals surface area (Å²) in [6.07, 6.45) is 5.36. The molecule has 0 atom stereocenters. The molecular weight excluding hydrogens is 472 g/mol. The van der Waals surface area contributed by atoms with Gasteiger partial charge in [0.2, 0.25) is 5.91 Å². The van der Waals surface area contributed by atoms with E-state index in [4.69, 9.17) is 0 Å². The van der Waals surface area contributed by atoms with Crippen LogP contribution in [0, 0.1) is 0 Å². The maximum absolute atomic E-state index is 12.9. The van der Waals surface area contributed by atoms with E-state index in [0.29, 0.717) is 23.7 Å². The van der Waals surface area contributed by atoms with Crippen LogP contribution < -0.4 is 15.5 Å². The standard InChI is InChI=1S/C27H22N6O2S/c34-26-16-36-25-9-7-20(11-24(25)33(26)15-17-4-2-1-3-5-17)31-27(35)32-23-14-28-22-8-6-18(10-21(22)23)19-12-29-30-13-19/h1-14,28H,15-16H2,(H,29,30)(H2,31,32,35). The maximum Gasteiger partial charge on any atom is 0.323 e. The van der Waals surface area contributed by atoms with Gasteiger partial charge in [-0.25, -0.2) is 4.79 Å². The fourth-order valence-electron chi connectivity index (χ4n) is 4.32. The van der Waals surface area contributed by atoms with Crippen LogP contribution in [0.15, 0.2) is 90.2 Å². The molecule has 0 fully saturated rings. The smallest absolute Gasteiger partial charge is 0.323 e. The molecule has 0 saturated carbocycles. The van der Waals surface area contributed by atoms with Crippen molar-refractivity contribution in [2.75, 3.05) is 21.3 Å². The molecule has 2 aromatic heterocycles. The van der Waals surface area contributed by atoms with E-state index >= 15 is 0 Å². The van der Waals surface area contributed by atoms with Crippen molar-refractivity contribution in [2.24, 2.45) is 0 Å². The Morgan fingerprint density at radius 1 is 1.00 bits per heavy atom. The van der Waals surface area contributed by atoms with E-state index in [0.717, 1.165) is 38.2 Å². The highest BCUT2D eigenvalue weighted by atomic mass is 32.2. The minimum atomic E-state index is -0.367. The monoisotopic (exact) mass is 494 g/mol. The number of aromatic amines is 2. The highest BCUT2D eigenvalue weighted by Gasteiger charge is 2.25. The molecule has 0 aliphatic carbocycles. The van der Waals surface area contributed by atoms with Gasteiger partial charge in [0.05, 0.1) is 29.9 Å². The molecule has 3 heterocycles. The predicted molar refractivity (Wildman–Crippen MR) is 143 cm³/mol. The van der Waals surface area contributed by atoms with Gasteiger partial charge in [-0.1, -0.05) is 36.4 Å². The van der Waals surface area contributed by atoms with Crippen LogP contribution in [-0.2, 0) is 11.3 Å². The van der Waals surface area contributed by atoms with Gasteiger partial charge in [-0.05, 0) is 41.5 Å². The Hall–Kier alpha value is -4.50. The van der Waals surface area contributed by atoms with Crippen LogP contribution in [0.4, 0.5) is 21.9 Å². The van der Waals surface area contributed by atoms with Crippen LogP contribution in [-0.4, -0.2) is 32.9 Å². The molecule has 0 bridgehead atoms. The van der Waals surface area contributed by atoms with Crippen molar-refractivity contribution in [3.8, 4) is 11.1 Å². The summed E-state index contributed by atoms with van der Waals surface area (Å²) in [4.78, 5) is 31.6. The van der Waals surface area contributed by atoms with E-state index in [1.165, 1.54) is 11.8 Å². The molecule has 0 saturated heterocycles. The van der Waals surface area contributed by atoms with E-state index in [9.17, 15) is 9.59 Å². The molecule has 0 unspecified atom stereocenters. The first-order valence-electron chi connectivity index (χ1n) is 11.4. The average Bonchev–Trinajstić information content (AvgIpc) is 3.57. The van der Waals surface area contributed by atoms with Crippen LogP contribution in [0.3, 0.4) is 0 Å². The Morgan fingerprint density at radius 2 is 1.89 bits per heavy atom. The number of nitrogens with zero attached hydrogens (tertiary/aromatic N) is 2. The van der Waals surface area contributed by atoms with Gasteiger partial charge < -0.3 is 20.5 Å². The number of carbonyl (C=O) groups is 2. The molecule has 8 nitrogen and oxygen atoms in total. The SMILES string of the molecule is O=C(Nc1ccc2c(c1)N(Cc1ccccc1)C(=O)CS2)Nc1c[nH]c2ccc(-c3cn[nH]c3)cc12. The van der Waals surface area contributed by atoms with Crippen LogP contribution in [0.2, 0.25) is 0 Å². The molecule has 0 radical (unpaired) electrons. The highest BCUT2D eigenvalue weighted by molar-refractivity contribution is 8.00. The second-order valence-corrected chi connectivity index (χ2v) is 9.48. The molecular formula is C27H22N6O2S. The largest absolute Gasteiger partial charge is 0.359 e. The first-order chi connectivity index (χ1) is 17.6. The van der Waals surface area contributed by atoms with Gasteiger partial charge in [0.25, 0.3) is 0 Å². The number of fused-ring (bicyclic) bond motifs is 2. The zero-order chi connectivity index (χ0) is 24.5. The third-order valence-electron chi connectivity index (χ3n) is 6.10. The van der Waals surface area contributed by atoms with Gasteiger partial charge in [0, 0.05) is 39.4 Å². The Bertz CT molecular complexity index is 1560. The fourth-order valence-corrected chi connectivity index (χ4v) is 5.23. The molecule has 0 spiro atoms. The molecule has 9 heteroatoms. The molecule has 178 valence electrons. The van der Waals surface area contributed by atoms with Crippen molar-refractivity contribution < 1.29 is 9.59 Å². The normalized spacial score (nSPS) is 13.0. The lowest BCUT2D eigenvalue weighted by Gasteiger charge is -2.29. The minimum Gasteiger partial charge on any atom is -0.359 e. The number of benzene rings is 3. The van der Waals surface area contributed by atoms with Gasteiger partial charge in [-0.15, -0.1) is 11.8 Å². The summed E-state index contributed by atoms with van der Waals surface area (Å²) in [5, 5.41) is 13.6. The Balaban J connectivity index is 1.22. The number of nitrogens with one attached hydrogen (secondary N) is 4. The number of anilines is 3. The van der Waals surface area contributed by atoms with E-state index in [-0.39, 0.29) is 11.9 Å². The summed E-state index contributed by atoms with van der Waals surface area (Å²) in [7, 11) is 0. The van der Waals surface area contributed by atoms with Gasteiger partial charge in [0.15, 0.2) is 0 Å². The fraction of sp³-hybridized carbons (Fsp3) is 0.0741. The van der Waals surface area contributed by atoms with Crippen molar-refractivity contribution in [3.05, 3.63) is 90.9 Å². The number of rotatable bonds is 5.